The van der Waals surface area contributed by atoms with Crippen molar-refractivity contribution in [2.75, 3.05) is 26.2 Å². The number of aliphatic imine (C=N–C) groups is 1. The Kier molecular flexibility index (Phi) is 9.22. The van der Waals surface area contributed by atoms with E-state index in [9.17, 15) is 13.2 Å². The number of likely N-dealkylation sites (tertiary alicyclic amines) is 1. The second-order valence-corrected chi connectivity index (χ2v) is 5.88. The molecule has 0 aromatic heterocycles. The molecular weight excluding hydrogens is 456 g/mol. The number of benzene rings is 1. The highest BCUT2D eigenvalue weighted by atomic mass is 127. The lowest BCUT2D eigenvalue weighted by Gasteiger charge is -2.20. The summed E-state index contributed by atoms with van der Waals surface area (Å²) in [5, 5.41) is 2.87. The van der Waals surface area contributed by atoms with Crippen LogP contribution in [0.2, 0.25) is 0 Å². The third-order valence-corrected chi connectivity index (χ3v) is 4.16. The van der Waals surface area contributed by atoms with Crippen LogP contribution in [0.5, 0.6) is 0 Å². The Hall–Kier alpha value is -1.47. The molecule has 1 atom stereocenters. The van der Waals surface area contributed by atoms with Crippen molar-refractivity contribution < 1.29 is 13.2 Å². The first kappa shape index (κ1) is 22.6. The molecule has 26 heavy (non-hydrogen) atoms. The Balaban J connectivity index is 0.00000338. The SMILES string of the molecule is CCN1CCCC1CN=C(N)NCC#Cc1cccc(C(F)(F)F)c1.I. The predicted octanol–water partition coefficient (Wildman–Crippen LogP) is 3.06. The van der Waals surface area contributed by atoms with Crippen LogP contribution < -0.4 is 11.1 Å². The minimum atomic E-state index is -4.36. The van der Waals surface area contributed by atoms with Crippen LogP contribution in [0.4, 0.5) is 13.2 Å². The molecule has 0 saturated carbocycles. The molecule has 1 heterocycles. The maximum absolute atomic E-state index is 12.6. The standard InChI is InChI=1S/C18H23F3N4.HI/c1-2-25-11-5-9-16(25)13-24-17(22)23-10-4-7-14-6-3-8-15(12-14)18(19,20)21;/h3,6,8,12,16H,2,5,9-11,13H2,1H3,(H3,22,23,24);1H. The monoisotopic (exact) mass is 480 g/mol. The van der Waals surface area contributed by atoms with Gasteiger partial charge >= 0.3 is 6.18 Å². The number of halogens is 4. The maximum atomic E-state index is 12.6. The molecule has 4 nitrogen and oxygen atoms in total. The topological polar surface area (TPSA) is 53.6 Å². The summed E-state index contributed by atoms with van der Waals surface area (Å²) in [6.07, 6.45) is -2.05. The molecule has 144 valence electrons. The van der Waals surface area contributed by atoms with E-state index in [0.29, 0.717) is 24.1 Å². The Morgan fingerprint density at radius 3 is 2.88 bits per heavy atom. The first-order valence-corrected chi connectivity index (χ1v) is 8.34. The van der Waals surface area contributed by atoms with Gasteiger partial charge in [-0.2, -0.15) is 13.2 Å². The van der Waals surface area contributed by atoms with Gasteiger partial charge in [-0.1, -0.05) is 24.8 Å². The first-order chi connectivity index (χ1) is 11.9. The first-order valence-electron chi connectivity index (χ1n) is 8.34. The van der Waals surface area contributed by atoms with E-state index in [-0.39, 0.29) is 30.5 Å². The van der Waals surface area contributed by atoms with Crippen molar-refractivity contribution in [2.24, 2.45) is 10.7 Å². The molecule has 8 heteroatoms. The quantitative estimate of drug-likeness (QED) is 0.302. The lowest BCUT2D eigenvalue weighted by atomic mass is 10.1. The molecule has 0 aliphatic carbocycles. The molecule has 3 N–H and O–H groups in total. The molecule has 1 fully saturated rings. The van der Waals surface area contributed by atoms with E-state index in [1.807, 2.05) is 0 Å². The van der Waals surface area contributed by atoms with Crippen LogP contribution >= 0.6 is 24.0 Å². The molecule has 1 aromatic rings. The van der Waals surface area contributed by atoms with E-state index in [1.54, 1.807) is 6.07 Å². The second-order valence-electron chi connectivity index (χ2n) is 5.88. The lowest BCUT2D eigenvalue weighted by Crippen LogP contribution is -2.35. The Morgan fingerprint density at radius 2 is 2.19 bits per heavy atom. The molecule has 1 saturated heterocycles. The van der Waals surface area contributed by atoms with E-state index in [2.05, 4.69) is 34.0 Å². The van der Waals surface area contributed by atoms with Gasteiger partial charge in [-0.25, -0.2) is 0 Å². The highest BCUT2D eigenvalue weighted by Gasteiger charge is 2.30. The molecule has 1 aromatic carbocycles. The fraction of sp³-hybridized carbons (Fsp3) is 0.500. The van der Waals surface area contributed by atoms with Crippen LogP contribution in [-0.2, 0) is 6.18 Å². The Bertz CT molecular complexity index is 664. The van der Waals surface area contributed by atoms with Gasteiger partial charge in [-0.15, -0.1) is 24.0 Å². The van der Waals surface area contributed by atoms with Crippen molar-refractivity contribution in [3.8, 4) is 11.8 Å². The van der Waals surface area contributed by atoms with Crippen molar-refractivity contribution in [2.45, 2.75) is 32.0 Å². The molecule has 1 aliphatic heterocycles. The predicted molar refractivity (Wildman–Crippen MR) is 108 cm³/mol. The van der Waals surface area contributed by atoms with Gasteiger partial charge in [0.15, 0.2) is 5.96 Å². The van der Waals surface area contributed by atoms with Gasteiger partial charge in [-0.3, -0.25) is 9.89 Å². The normalized spacial score (nSPS) is 18.0. The van der Waals surface area contributed by atoms with E-state index in [1.165, 1.54) is 12.5 Å². The number of nitrogens with one attached hydrogen (secondary N) is 1. The number of hydrogen-bond donors (Lipinski definition) is 2. The van der Waals surface area contributed by atoms with E-state index < -0.39 is 11.7 Å². The number of alkyl halides is 3. The smallest absolute Gasteiger partial charge is 0.370 e. The zero-order valence-corrected chi connectivity index (χ0v) is 17.0. The number of nitrogens with two attached hydrogens (primary N) is 1. The summed E-state index contributed by atoms with van der Waals surface area (Å²) in [4.78, 5) is 6.70. The minimum absolute atomic E-state index is 0. The Morgan fingerprint density at radius 1 is 1.42 bits per heavy atom. The molecule has 0 radical (unpaired) electrons. The summed E-state index contributed by atoms with van der Waals surface area (Å²) in [6.45, 7) is 5.12. The summed E-state index contributed by atoms with van der Waals surface area (Å²) < 4.78 is 37.9. The van der Waals surface area contributed by atoms with Gasteiger partial charge in [0, 0.05) is 11.6 Å². The molecule has 1 unspecified atom stereocenters. The van der Waals surface area contributed by atoms with Gasteiger partial charge in [0.25, 0.3) is 0 Å². The van der Waals surface area contributed by atoms with Gasteiger partial charge < -0.3 is 11.1 Å². The van der Waals surface area contributed by atoms with E-state index >= 15 is 0 Å². The molecular formula is C18H24F3IN4. The molecule has 1 aliphatic rings. The highest BCUT2D eigenvalue weighted by molar-refractivity contribution is 14.0. The zero-order valence-electron chi connectivity index (χ0n) is 14.6. The van der Waals surface area contributed by atoms with Gasteiger partial charge in [0.2, 0.25) is 0 Å². The van der Waals surface area contributed by atoms with Gasteiger partial charge in [0.05, 0.1) is 18.7 Å². The number of nitrogens with zero attached hydrogens (tertiary/aromatic N) is 2. The minimum Gasteiger partial charge on any atom is -0.370 e. The van der Waals surface area contributed by atoms with Crippen molar-refractivity contribution in [3.05, 3.63) is 35.4 Å². The number of rotatable bonds is 4. The number of likely N-dealkylation sites (N-methyl/N-ethyl adjacent to an activating group) is 1. The van der Waals surface area contributed by atoms with Gasteiger partial charge in [0.1, 0.15) is 0 Å². The van der Waals surface area contributed by atoms with Crippen LogP contribution in [-0.4, -0.2) is 43.1 Å². The molecule has 2 rings (SSSR count). The molecule has 0 spiro atoms. The van der Waals surface area contributed by atoms with Crippen molar-refractivity contribution >= 4 is 29.9 Å². The summed E-state index contributed by atoms with van der Waals surface area (Å²) in [5.41, 5.74) is 5.42. The average molecular weight is 480 g/mol. The fourth-order valence-corrected chi connectivity index (χ4v) is 2.83. The van der Waals surface area contributed by atoms with Crippen LogP contribution in [0.1, 0.15) is 30.9 Å². The van der Waals surface area contributed by atoms with Gasteiger partial charge in [-0.05, 0) is 44.1 Å². The summed E-state index contributed by atoms with van der Waals surface area (Å²) >= 11 is 0. The van der Waals surface area contributed by atoms with E-state index in [0.717, 1.165) is 31.6 Å². The third-order valence-electron chi connectivity index (χ3n) is 4.16. The zero-order chi connectivity index (χ0) is 18.3. The van der Waals surface area contributed by atoms with E-state index in [4.69, 9.17) is 5.73 Å². The van der Waals surface area contributed by atoms with Crippen molar-refractivity contribution in [1.29, 1.82) is 0 Å². The van der Waals surface area contributed by atoms with Crippen LogP contribution in [0, 0.1) is 11.8 Å². The molecule has 0 bridgehead atoms. The van der Waals surface area contributed by atoms with Crippen molar-refractivity contribution in [3.63, 3.8) is 0 Å². The third kappa shape index (κ3) is 7.03. The number of hydrogen-bond acceptors (Lipinski definition) is 2. The number of guanidine groups is 1. The van der Waals surface area contributed by atoms with Crippen LogP contribution in [0.3, 0.4) is 0 Å². The van der Waals surface area contributed by atoms with Crippen LogP contribution in [0.15, 0.2) is 29.3 Å². The molecule has 0 amide bonds. The average Bonchev–Trinajstić information content (AvgIpc) is 3.04. The van der Waals surface area contributed by atoms with Crippen molar-refractivity contribution in [1.82, 2.24) is 10.2 Å². The maximum Gasteiger partial charge on any atom is 0.416 e. The summed E-state index contributed by atoms with van der Waals surface area (Å²) in [7, 11) is 0. The highest BCUT2D eigenvalue weighted by Crippen LogP contribution is 2.29. The largest absolute Gasteiger partial charge is 0.416 e. The lowest BCUT2D eigenvalue weighted by molar-refractivity contribution is -0.137. The Labute approximate surface area is 169 Å². The fourth-order valence-electron chi connectivity index (χ4n) is 2.83. The summed E-state index contributed by atoms with van der Waals surface area (Å²) in [5.74, 6) is 5.76. The summed E-state index contributed by atoms with van der Waals surface area (Å²) in [6, 6.07) is 5.37. The van der Waals surface area contributed by atoms with Crippen LogP contribution in [0.25, 0.3) is 0 Å². The second kappa shape index (κ2) is 10.6.